The maximum Gasteiger partial charge on any atom is 0.251 e. The van der Waals surface area contributed by atoms with E-state index >= 15 is 0 Å². The largest absolute Gasteiger partial charge is 0.495 e. The molecular formula is C17H22N4O3S. The maximum absolute atomic E-state index is 12.8. The lowest BCUT2D eigenvalue weighted by molar-refractivity contribution is -0.130. The van der Waals surface area contributed by atoms with Crippen molar-refractivity contribution < 1.29 is 14.3 Å². The van der Waals surface area contributed by atoms with Gasteiger partial charge in [0.05, 0.1) is 12.8 Å². The zero-order valence-corrected chi connectivity index (χ0v) is 15.4. The summed E-state index contributed by atoms with van der Waals surface area (Å²) in [6.07, 6.45) is 2.25. The third-order valence-corrected chi connectivity index (χ3v) is 3.96. The number of carbonyl (C=O) groups is 2. The first-order valence-corrected chi connectivity index (χ1v) is 8.33. The average molecular weight is 362 g/mol. The number of methoxy groups -OCH3 is 1. The SMILES string of the molecule is COc1ccccc1N1C(=O)C(C=NCCCN(C)C)C(=O)NC1=S. The highest BCUT2D eigenvalue weighted by Crippen LogP contribution is 2.30. The van der Waals surface area contributed by atoms with E-state index in [-0.39, 0.29) is 5.11 Å². The van der Waals surface area contributed by atoms with E-state index in [1.807, 2.05) is 14.1 Å². The van der Waals surface area contributed by atoms with Crippen molar-refractivity contribution in [1.29, 1.82) is 0 Å². The molecule has 1 fully saturated rings. The maximum atomic E-state index is 12.8. The Labute approximate surface area is 152 Å². The molecule has 1 saturated heterocycles. The van der Waals surface area contributed by atoms with Crippen molar-refractivity contribution >= 4 is 41.0 Å². The molecule has 0 aromatic heterocycles. The second-order valence-electron chi connectivity index (χ2n) is 5.83. The highest BCUT2D eigenvalue weighted by atomic mass is 32.1. The molecule has 1 atom stereocenters. The van der Waals surface area contributed by atoms with Gasteiger partial charge >= 0.3 is 0 Å². The Kier molecular flexibility index (Phi) is 6.60. The molecule has 1 N–H and O–H groups in total. The van der Waals surface area contributed by atoms with E-state index in [0.29, 0.717) is 18.0 Å². The Morgan fingerprint density at radius 1 is 1.36 bits per heavy atom. The Morgan fingerprint density at radius 3 is 2.76 bits per heavy atom. The normalized spacial score (nSPS) is 18.2. The van der Waals surface area contributed by atoms with E-state index in [2.05, 4.69) is 15.2 Å². The molecule has 2 amide bonds. The van der Waals surface area contributed by atoms with Crippen LogP contribution in [0.15, 0.2) is 29.3 Å². The summed E-state index contributed by atoms with van der Waals surface area (Å²) in [5.74, 6) is -1.40. The number of rotatable bonds is 7. The van der Waals surface area contributed by atoms with Crippen molar-refractivity contribution in [3.05, 3.63) is 24.3 Å². The number of carbonyl (C=O) groups excluding carboxylic acids is 2. The van der Waals surface area contributed by atoms with Crippen molar-refractivity contribution in [1.82, 2.24) is 10.2 Å². The van der Waals surface area contributed by atoms with Gasteiger partial charge in [-0.3, -0.25) is 19.5 Å². The quantitative estimate of drug-likeness (QED) is 0.340. The van der Waals surface area contributed by atoms with Crippen molar-refractivity contribution in [3.63, 3.8) is 0 Å². The fourth-order valence-corrected chi connectivity index (χ4v) is 2.71. The van der Waals surface area contributed by atoms with Crippen molar-refractivity contribution in [2.24, 2.45) is 10.9 Å². The van der Waals surface area contributed by atoms with E-state index in [1.54, 1.807) is 24.3 Å². The van der Waals surface area contributed by atoms with Gasteiger partial charge in [0.1, 0.15) is 5.75 Å². The standard InChI is InChI=1S/C17H22N4O3S/c1-20(2)10-6-9-18-11-12-15(22)19-17(25)21(16(12)23)13-7-4-5-8-14(13)24-3/h4-5,7-8,11-12H,6,9-10H2,1-3H3,(H,19,22,25). The summed E-state index contributed by atoms with van der Waals surface area (Å²) in [5, 5.41) is 2.60. The van der Waals surface area contributed by atoms with E-state index in [9.17, 15) is 9.59 Å². The van der Waals surface area contributed by atoms with Gasteiger partial charge in [0.2, 0.25) is 5.91 Å². The van der Waals surface area contributed by atoms with Crippen molar-refractivity contribution in [2.45, 2.75) is 6.42 Å². The molecule has 0 radical (unpaired) electrons. The first-order valence-electron chi connectivity index (χ1n) is 7.92. The van der Waals surface area contributed by atoms with Gasteiger partial charge in [-0.2, -0.15) is 0 Å². The molecule has 1 aliphatic heterocycles. The lowest BCUT2D eigenvalue weighted by atomic mass is 10.1. The second-order valence-corrected chi connectivity index (χ2v) is 6.22. The zero-order valence-electron chi connectivity index (χ0n) is 14.6. The van der Waals surface area contributed by atoms with Gasteiger partial charge in [-0.05, 0) is 51.4 Å². The Bertz CT molecular complexity index is 690. The minimum absolute atomic E-state index is 0.0387. The van der Waals surface area contributed by atoms with Crippen LogP contribution in [0.4, 0.5) is 5.69 Å². The van der Waals surface area contributed by atoms with E-state index < -0.39 is 17.7 Å². The first-order chi connectivity index (χ1) is 12.0. The molecule has 25 heavy (non-hydrogen) atoms. The van der Waals surface area contributed by atoms with Gasteiger partial charge in [0.25, 0.3) is 5.91 Å². The molecule has 7 nitrogen and oxygen atoms in total. The van der Waals surface area contributed by atoms with Gasteiger partial charge in [-0.1, -0.05) is 12.1 Å². The number of aliphatic imine (C=N–C) groups is 1. The molecule has 0 saturated carbocycles. The van der Waals surface area contributed by atoms with Crippen LogP contribution in [0.3, 0.4) is 0 Å². The topological polar surface area (TPSA) is 74.2 Å². The smallest absolute Gasteiger partial charge is 0.251 e. The van der Waals surface area contributed by atoms with Crippen LogP contribution >= 0.6 is 12.2 Å². The number of nitrogens with one attached hydrogen (secondary N) is 1. The molecule has 1 aliphatic rings. The van der Waals surface area contributed by atoms with Crippen LogP contribution in [-0.2, 0) is 9.59 Å². The van der Waals surface area contributed by atoms with Crippen LogP contribution in [0.2, 0.25) is 0 Å². The highest BCUT2D eigenvalue weighted by molar-refractivity contribution is 7.80. The molecule has 0 aliphatic carbocycles. The fraction of sp³-hybridized carbons (Fsp3) is 0.412. The molecule has 1 heterocycles. The highest BCUT2D eigenvalue weighted by Gasteiger charge is 2.39. The summed E-state index contributed by atoms with van der Waals surface area (Å²) in [7, 11) is 5.47. The summed E-state index contributed by atoms with van der Waals surface area (Å²) in [4.78, 5) is 32.5. The average Bonchev–Trinajstić information content (AvgIpc) is 2.57. The van der Waals surface area contributed by atoms with E-state index in [1.165, 1.54) is 18.2 Å². The lowest BCUT2D eigenvalue weighted by Crippen LogP contribution is -2.58. The summed E-state index contributed by atoms with van der Waals surface area (Å²) < 4.78 is 5.29. The molecule has 8 heteroatoms. The van der Waals surface area contributed by atoms with Crippen molar-refractivity contribution in [3.8, 4) is 5.75 Å². The molecule has 1 aromatic carbocycles. The predicted octanol–water partition coefficient (Wildman–Crippen LogP) is 1.08. The van der Waals surface area contributed by atoms with Crippen LogP contribution in [0.1, 0.15) is 6.42 Å². The lowest BCUT2D eigenvalue weighted by Gasteiger charge is -2.31. The number of hydrogen-bond donors (Lipinski definition) is 1. The second kappa shape index (κ2) is 8.68. The van der Waals surface area contributed by atoms with Crippen LogP contribution in [0.5, 0.6) is 5.75 Å². The number of anilines is 1. The summed E-state index contributed by atoms with van der Waals surface area (Å²) in [6, 6.07) is 7.01. The van der Waals surface area contributed by atoms with Crippen molar-refractivity contribution in [2.75, 3.05) is 39.2 Å². The molecule has 1 unspecified atom stereocenters. The number of ether oxygens (including phenoxy) is 1. The molecular weight excluding hydrogens is 340 g/mol. The number of thiocarbonyl (C=S) groups is 1. The van der Waals surface area contributed by atoms with Crippen LogP contribution in [-0.4, -0.2) is 62.3 Å². The summed E-state index contributed by atoms with van der Waals surface area (Å²) in [6.45, 7) is 1.44. The van der Waals surface area contributed by atoms with Gasteiger partial charge in [0, 0.05) is 12.8 Å². The molecule has 0 bridgehead atoms. The first kappa shape index (κ1) is 19.0. The molecule has 1 aromatic rings. The third-order valence-electron chi connectivity index (χ3n) is 3.68. The van der Waals surface area contributed by atoms with Crippen LogP contribution in [0.25, 0.3) is 0 Å². The number of para-hydroxylation sites is 2. The Balaban J connectivity index is 2.17. The van der Waals surface area contributed by atoms with Gasteiger partial charge < -0.3 is 15.0 Å². The van der Waals surface area contributed by atoms with E-state index in [4.69, 9.17) is 17.0 Å². The molecule has 134 valence electrons. The van der Waals surface area contributed by atoms with E-state index in [0.717, 1.165) is 13.0 Å². The number of amides is 2. The van der Waals surface area contributed by atoms with Crippen LogP contribution in [0, 0.1) is 5.92 Å². The number of nitrogens with zero attached hydrogens (tertiary/aromatic N) is 3. The Hall–Kier alpha value is -2.32. The van der Waals surface area contributed by atoms with Gasteiger partial charge in [0.15, 0.2) is 11.0 Å². The summed E-state index contributed by atoms with van der Waals surface area (Å²) in [5.41, 5.74) is 0.492. The predicted molar refractivity (Wildman–Crippen MR) is 101 cm³/mol. The van der Waals surface area contributed by atoms with Gasteiger partial charge in [-0.25, -0.2) is 0 Å². The zero-order chi connectivity index (χ0) is 18.4. The molecule has 2 rings (SSSR count). The fourth-order valence-electron chi connectivity index (χ4n) is 2.42. The number of hydrogen-bond acceptors (Lipinski definition) is 6. The summed E-state index contributed by atoms with van der Waals surface area (Å²) >= 11 is 5.17. The third kappa shape index (κ3) is 4.61. The number of benzene rings is 1. The molecule has 0 spiro atoms. The van der Waals surface area contributed by atoms with Gasteiger partial charge in [-0.15, -0.1) is 0 Å². The monoisotopic (exact) mass is 362 g/mol. The minimum atomic E-state index is -1.00. The Morgan fingerprint density at radius 2 is 2.08 bits per heavy atom. The van der Waals surface area contributed by atoms with Crippen LogP contribution < -0.4 is 15.0 Å². The minimum Gasteiger partial charge on any atom is -0.495 e.